The fraction of sp³-hybridized carbons (Fsp3) is 0.250. The number of esters is 1. The quantitative estimate of drug-likeness (QED) is 0.395. The predicted molar refractivity (Wildman–Crippen MR) is 103 cm³/mol. The van der Waals surface area contributed by atoms with E-state index >= 15 is 0 Å². The molecular weight excluding hydrogens is 380 g/mol. The van der Waals surface area contributed by atoms with Gasteiger partial charge in [-0.25, -0.2) is 4.79 Å². The monoisotopic (exact) mass is 402 g/mol. The lowest BCUT2D eigenvalue weighted by Gasteiger charge is -2.13. The van der Waals surface area contributed by atoms with Gasteiger partial charge in [0.2, 0.25) is 0 Å². The lowest BCUT2D eigenvalue weighted by atomic mass is 10.2. The van der Waals surface area contributed by atoms with Crippen LogP contribution in [-0.4, -0.2) is 37.6 Å². The fourth-order valence-corrected chi connectivity index (χ4v) is 2.12. The summed E-state index contributed by atoms with van der Waals surface area (Å²) in [5.41, 5.74) is 4.92. The molecule has 9 nitrogen and oxygen atoms in total. The van der Waals surface area contributed by atoms with Crippen LogP contribution in [0.25, 0.3) is 6.08 Å². The Morgan fingerprint density at radius 1 is 1.14 bits per heavy atom. The van der Waals surface area contributed by atoms with E-state index in [4.69, 9.17) is 18.6 Å². The second kappa shape index (κ2) is 10.5. The van der Waals surface area contributed by atoms with E-state index in [1.54, 1.807) is 18.2 Å². The van der Waals surface area contributed by atoms with Crippen LogP contribution in [0.1, 0.15) is 30.0 Å². The van der Waals surface area contributed by atoms with Crippen LogP contribution < -0.4 is 20.3 Å². The van der Waals surface area contributed by atoms with Crippen molar-refractivity contribution in [3.05, 3.63) is 54.0 Å². The first-order chi connectivity index (χ1) is 13.9. The van der Waals surface area contributed by atoms with Gasteiger partial charge in [0.05, 0.1) is 19.5 Å². The summed E-state index contributed by atoms with van der Waals surface area (Å²) in [4.78, 5) is 35.0. The average molecular weight is 402 g/mol. The molecule has 0 spiro atoms. The maximum absolute atomic E-state index is 11.8. The number of hydrogen-bond donors (Lipinski definition) is 2. The molecule has 0 saturated carbocycles. The van der Waals surface area contributed by atoms with Crippen LogP contribution in [0.2, 0.25) is 0 Å². The maximum atomic E-state index is 11.8. The van der Waals surface area contributed by atoms with Crippen LogP contribution in [0.15, 0.2) is 47.1 Å². The second-order valence-corrected chi connectivity index (χ2v) is 6.00. The first-order valence-corrected chi connectivity index (χ1v) is 8.71. The Labute approximate surface area is 167 Å². The highest BCUT2D eigenvalue weighted by atomic mass is 16.5. The van der Waals surface area contributed by atoms with Gasteiger partial charge in [0, 0.05) is 6.08 Å². The summed E-state index contributed by atoms with van der Waals surface area (Å²) in [6.07, 6.45) is 4.01. The molecule has 0 bridgehead atoms. The summed E-state index contributed by atoms with van der Waals surface area (Å²) in [5.74, 6) is -0.905. The van der Waals surface area contributed by atoms with Crippen molar-refractivity contribution in [3.63, 3.8) is 0 Å². The van der Waals surface area contributed by atoms with Gasteiger partial charge in [-0.2, -0.15) is 0 Å². The number of rotatable bonds is 8. The second-order valence-electron chi connectivity index (χ2n) is 6.00. The van der Waals surface area contributed by atoms with Gasteiger partial charge < -0.3 is 18.6 Å². The van der Waals surface area contributed by atoms with Crippen molar-refractivity contribution in [1.29, 1.82) is 0 Å². The Kier molecular flexibility index (Phi) is 7.84. The lowest BCUT2D eigenvalue weighted by Crippen LogP contribution is -2.43. The standard InChI is InChI=1S/C20H22N2O7/c1-13(2)29-15-8-6-14(11-17(15)26-3)7-9-19(24)28-12-18(23)21-22-20(25)16-5-4-10-27-16/h4-11,13H,12H2,1-3H3,(H,21,23)(H,22,25)/b9-7+. The van der Waals surface area contributed by atoms with Crippen molar-refractivity contribution in [3.8, 4) is 11.5 Å². The van der Waals surface area contributed by atoms with Gasteiger partial charge in [0.15, 0.2) is 23.9 Å². The Morgan fingerprint density at radius 2 is 1.93 bits per heavy atom. The molecule has 1 heterocycles. The van der Waals surface area contributed by atoms with Crippen molar-refractivity contribution in [2.75, 3.05) is 13.7 Å². The van der Waals surface area contributed by atoms with Crippen LogP contribution in [-0.2, 0) is 14.3 Å². The molecule has 1 aromatic carbocycles. The predicted octanol–water partition coefficient (Wildman–Crippen LogP) is 2.09. The SMILES string of the molecule is COc1cc(/C=C/C(=O)OCC(=O)NNC(=O)c2ccco2)ccc1OC(C)C. The minimum atomic E-state index is -0.723. The van der Waals surface area contributed by atoms with Crippen molar-refractivity contribution in [1.82, 2.24) is 10.9 Å². The van der Waals surface area contributed by atoms with E-state index < -0.39 is 24.4 Å². The first kappa shape index (κ1) is 21.5. The molecule has 2 N–H and O–H groups in total. The molecule has 0 fully saturated rings. The molecule has 0 saturated heterocycles. The van der Waals surface area contributed by atoms with Gasteiger partial charge >= 0.3 is 11.9 Å². The maximum Gasteiger partial charge on any atom is 0.331 e. The largest absolute Gasteiger partial charge is 0.493 e. The van der Waals surface area contributed by atoms with Crippen LogP contribution in [0.5, 0.6) is 11.5 Å². The number of nitrogens with one attached hydrogen (secondary N) is 2. The summed E-state index contributed by atoms with van der Waals surface area (Å²) >= 11 is 0. The lowest BCUT2D eigenvalue weighted by molar-refractivity contribution is -0.144. The number of carbonyl (C=O) groups excluding carboxylic acids is 3. The summed E-state index contributed by atoms with van der Waals surface area (Å²) in [7, 11) is 1.52. The summed E-state index contributed by atoms with van der Waals surface area (Å²) in [5, 5.41) is 0. The van der Waals surface area contributed by atoms with Crippen LogP contribution in [0.3, 0.4) is 0 Å². The molecule has 29 heavy (non-hydrogen) atoms. The number of hydrogen-bond acceptors (Lipinski definition) is 7. The van der Waals surface area contributed by atoms with E-state index in [-0.39, 0.29) is 11.9 Å². The molecule has 0 aliphatic carbocycles. The summed E-state index contributed by atoms with van der Waals surface area (Å²) in [6, 6.07) is 8.16. The third kappa shape index (κ3) is 7.06. The number of benzene rings is 1. The molecule has 0 aliphatic heterocycles. The molecule has 1 aromatic heterocycles. The van der Waals surface area contributed by atoms with E-state index in [9.17, 15) is 14.4 Å². The number of furan rings is 1. The molecule has 2 aromatic rings. The summed E-state index contributed by atoms with van der Waals surface area (Å²) < 4.78 is 20.6. The van der Waals surface area contributed by atoms with Crippen LogP contribution in [0.4, 0.5) is 0 Å². The fourth-order valence-electron chi connectivity index (χ4n) is 2.12. The summed E-state index contributed by atoms with van der Waals surface area (Å²) in [6.45, 7) is 3.25. The third-order valence-corrected chi connectivity index (χ3v) is 3.37. The Morgan fingerprint density at radius 3 is 2.59 bits per heavy atom. The minimum absolute atomic E-state index is 0.00437. The van der Waals surface area contributed by atoms with Crippen molar-refractivity contribution < 1.29 is 33.0 Å². The van der Waals surface area contributed by atoms with E-state index in [0.29, 0.717) is 17.1 Å². The van der Waals surface area contributed by atoms with Crippen molar-refractivity contribution in [2.24, 2.45) is 0 Å². The normalized spacial score (nSPS) is 10.6. The topological polar surface area (TPSA) is 116 Å². The molecule has 154 valence electrons. The molecular formula is C20H22N2O7. The van der Waals surface area contributed by atoms with Gasteiger partial charge in [-0.15, -0.1) is 0 Å². The smallest absolute Gasteiger partial charge is 0.331 e. The Balaban J connectivity index is 1.80. The minimum Gasteiger partial charge on any atom is -0.493 e. The van der Waals surface area contributed by atoms with Crippen LogP contribution >= 0.6 is 0 Å². The van der Waals surface area contributed by atoms with Gasteiger partial charge in [0.1, 0.15) is 0 Å². The zero-order chi connectivity index (χ0) is 21.2. The van der Waals surface area contributed by atoms with E-state index in [1.807, 2.05) is 13.8 Å². The molecule has 2 rings (SSSR count). The van der Waals surface area contributed by atoms with E-state index in [2.05, 4.69) is 10.9 Å². The number of carbonyl (C=O) groups is 3. The van der Waals surface area contributed by atoms with Gasteiger partial charge in [-0.3, -0.25) is 20.4 Å². The molecule has 0 unspecified atom stereocenters. The third-order valence-electron chi connectivity index (χ3n) is 3.37. The average Bonchev–Trinajstić information content (AvgIpc) is 3.24. The van der Waals surface area contributed by atoms with Gasteiger partial charge in [-0.1, -0.05) is 6.07 Å². The highest BCUT2D eigenvalue weighted by molar-refractivity contribution is 5.93. The zero-order valence-corrected chi connectivity index (χ0v) is 16.3. The number of ether oxygens (including phenoxy) is 3. The van der Waals surface area contributed by atoms with Gasteiger partial charge in [0.25, 0.3) is 5.91 Å². The number of hydrazine groups is 1. The number of amides is 2. The molecule has 2 amide bonds. The zero-order valence-electron chi connectivity index (χ0n) is 16.3. The molecule has 0 aliphatic rings. The highest BCUT2D eigenvalue weighted by Gasteiger charge is 2.11. The van der Waals surface area contributed by atoms with Crippen LogP contribution in [0, 0.1) is 0 Å². The van der Waals surface area contributed by atoms with Crippen molar-refractivity contribution >= 4 is 23.9 Å². The molecule has 0 radical (unpaired) electrons. The van der Waals surface area contributed by atoms with E-state index in [0.717, 1.165) is 0 Å². The van der Waals surface area contributed by atoms with Crippen molar-refractivity contribution in [2.45, 2.75) is 20.0 Å². The van der Waals surface area contributed by atoms with Gasteiger partial charge in [-0.05, 0) is 49.8 Å². The van der Waals surface area contributed by atoms with E-state index in [1.165, 1.54) is 37.7 Å². The highest BCUT2D eigenvalue weighted by Crippen LogP contribution is 2.29. The Bertz CT molecular complexity index is 873. The molecule has 0 atom stereocenters. The molecule has 9 heteroatoms. The number of methoxy groups -OCH3 is 1. The Hall–Kier alpha value is -3.75. The first-order valence-electron chi connectivity index (χ1n) is 8.71.